The van der Waals surface area contributed by atoms with E-state index in [4.69, 9.17) is 28.3 Å². The van der Waals surface area contributed by atoms with Crippen LogP contribution >= 0.6 is 23.2 Å². The first-order valence-electron chi connectivity index (χ1n) is 6.06. The second kappa shape index (κ2) is 6.71. The Kier molecular flexibility index (Phi) is 5.10. The number of benzene rings is 1. The smallest absolute Gasteiger partial charge is 0.343 e. The van der Waals surface area contributed by atoms with Gasteiger partial charge >= 0.3 is 5.97 Å². The lowest BCUT2D eigenvalue weighted by Gasteiger charge is -2.13. The Bertz CT molecular complexity index is 872. The fraction of sp³-hybridized carbons (Fsp3) is 0.0769. The molecule has 0 fully saturated rings. The third kappa shape index (κ3) is 4.11. The molecule has 0 spiro atoms. The third-order valence-corrected chi connectivity index (χ3v) is 4.04. The number of nitrogens with two attached hydrogens (primary N) is 1. The van der Waals surface area contributed by atoms with E-state index in [1.54, 1.807) is 24.3 Å². The second-order valence-corrected chi connectivity index (χ2v) is 6.65. The van der Waals surface area contributed by atoms with Crippen molar-refractivity contribution in [1.82, 2.24) is 4.98 Å². The van der Waals surface area contributed by atoms with Crippen LogP contribution in [0.25, 0.3) is 0 Å². The molecule has 0 aliphatic heterocycles. The highest BCUT2D eigenvalue weighted by atomic mass is 35.5. The maximum Gasteiger partial charge on any atom is 0.343 e. The van der Waals surface area contributed by atoms with Gasteiger partial charge in [0.05, 0.1) is 12.8 Å². The normalized spacial score (nSPS) is 11.1. The quantitative estimate of drug-likeness (QED) is 0.627. The van der Waals surface area contributed by atoms with Crippen LogP contribution in [0.1, 0.15) is 10.4 Å². The lowest BCUT2D eigenvalue weighted by atomic mass is 10.2. The summed E-state index contributed by atoms with van der Waals surface area (Å²) in [6.07, 6.45) is 0. The summed E-state index contributed by atoms with van der Waals surface area (Å²) in [5, 5.41) is 7.51. The zero-order valence-electron chi connectivity index (χ0n) is 11.7. The predicted octanol–water partition coefficient (Wildman–Crippen LogP) is 2.57. The highest BCUT2D eigenvalue weighted by molar-refractivity contribution is 7.89. The van der Waals surface area contributed by atoms with Crippen LogP contribution in [0.2, 0.25) is 10.2 Å². The van der Waals surface area contributed by atoms with Crippen molar-refractivity contribution in [2.75, 3.05) is 12.4 Å². The molecule has 2 rings (SSSR count). The van der Waals surface area contributed by atoms with Gasteiger partial charge in [-0.25, -0.2) is 23.3 Å². The molecule has 1 heterocycles. The van der Waals surface area contributed by atoms with E-state index in [1.807, 2.05) is 0 Å². The van der Waals surface area contributed by atoms with Gasteiger partial charge in [0, 0.05) is 16.8 Å². The van der Waals surface area contributed by atoms with E-state index in [1.165, 1.54) is 0 Å². The Morgan fingerprint density at radius 2 is 2.00 bits per heavy atom. The predicted molar refractivity (Wildman–Crippen MR) is 86.7 cm³/mol. The van der Waals surface area contributed by atoms with Gasteiger partial charge in [-0.3, -0.25) is 0 Å². The number of ether oxygens (including phenoxy) is 1. The van der Waals surface area contributed by atoms with Gasteiger partial charge in [0.25, 0.3) is 10.0 Å². The van der Waals surface area contributed by atoms with E-state index in [0.29, 0.717) is 10.7 Å². The van der Waals surface area contributed by atoms with E-state index in [0.717, 1.165) is 13.2 Å². The van der Waals surface area contributed by atoms with Crippen molar-refractivity contribution in [1.29, 1.82) is 0 Å². The lowest BCUT2D eigenvalue weighted by Crippen LogP contribution is -2.16. The van der Waals surface area contributed by atoms with Gasteiger partial charge in [-0.15, -0.1) is 0 Å². The number of pyridine rings is 1. The molecule has 0 radical (unpaired) electrons. The number of methoxy groups -OCH3 is 1. The van der Waals surface area contributed by atoms with Crippen LogP contribution in [0.3, 0.4) is 0 Å². The fourth-order valence-electron chi connectivity index (χ4n) is 1.75. The SMILES string of the molecule is COC(=O)c1c(Nc2cccc(Cl)c2)cc(S(N)(=O)=O)nc1Cl. The number of nitrogens with one attached hydrogen (secondary N) is 1. The van der Waals surface area contributed by atoms with Crippen LogP contribution in [0.5, 0.6) is 0 Å². The average molecular weight is 376 g/mol. The molecule has 1 aromatic carbocycles. The summed E-state index contributed by atoms with van der Waals surface area (Å²) in [6.45, 7) is 0. The molecule has 3 N–H and O–H groups in total. The van der Waals surface area contributed by atoms with Crippen molar-refractivity contribution >= 4 is 50.6 Å². The van der Waals surface area contributed by atoms with Crippen molar-refractivity contribution in [2.45, 2.75) is 5.03 Å². The van der Waals surface area contributed by atoms with Gasteiger partial charge in [0.1, 0.15) is 10.7 Å². The number of aromatic nitrogens is 1. The second-order valence-electron chi connectivity index (χ2n) is 4.35. The molecule has 0 unspecified atom stereocenters. The number of carbonyl (C=O) groups excluding carboxylic acids is 1. The summed E-state index contributed by atoms with van der Waals surface area (Å²) in [6, 6.07) is 7.66. The standard InChI is InChI=1S/C13H11Cl2N3O4S/c1-22-13(19)11-9(17-8-4-2-3-7(14)5-8)6-10(18-12(11)15)23(16,20)21/h2-6H,1H3,(H,17,18)(H2,16,20,21). The van der Waals surface area contributed by atoms with Crippen LogP contribution in [0, 0.1) is 0 Å². The molecule has 122 valence electrons. The maximum atomic E-state index is 11.9. The Hall–Kier alpha value is -1.87. The van der Waals surface area contributed by atoms with Crippen LogP contribution in [0.15, 0.2) is 35.4 Å². The fourth-order valence-corrected chi connectivity index (χ4v) is 2.77. The maximum absolute atomic E-state index is 11.9. The Morgan fingerprint density at radius 1 is 1.30 bits per heavy atom. The van der Waals surface area contributed by atoms with Crippen molar-refractivity contribution in [3.63, 3.8) is 0 Å². The molecule has 0 bridgehead atoms. The summed E-state index contributed by atoms with van der Waals surface area (Å²) in [4.78, 5) is 15.5. The van der Waals surface area contributed by atoms with Gasteiger partial charge in [0.2, 0.25) is 0 Å². The summed E-state index contributed by atoms with van der Waals surface area (Å²) in [5.74, 6) is -0.784. The monoisotopic (exact) mass is 375 g/mol. The molecule has 0 saturated carbocycles. The summed E-state index contributed by atoms with van der Waals surface area (Å²) < 4.78 is 27.6. The number of carbonyl (C=O) groups is 1. The van der Waals surface area contributed by atoms with Gasteiger partial charge in [0.15, 0.2) is 5.03 Å². The molecule has 0 saturated heterocycles. The number of anilines is 2. The van der Waals surface area contributed by atoms with Gasteiger partial charge in [-0.1, -0.05) is 29.3 Å². The van der Waals surface area contributed by atoms with Crippen molar-refractivity contribution in [2.24, 2.45) is 5.14 Å². The first kappa shape index (κ1) is 17.5. The third-order valence-electron chi connectivity index (χ3n) is 2.74. The Morgan fingerprint density at radius 3 is 2.57 bits per heavy atom. The van der Waals surface area contributed by atoms with Crippen LogP contribution in [-0.2, 0) is 14.8 Å². The van der Waals surface area contributed by atoms with Gasteiger partial charge in [-0.2, -0.15) is 0 Å². The number of esters is 1. The lowest BCUT2D eigenvalue weighted by molar-refractivity contribution is 0.0601. The number of rotatable bonds is 4. The minimum Gasteiger partial charge on any atom is -0.465 e. The number of hydrogen-bond donors (Lipinski definition) is 2. The summed E-state index contributed by atoms with van der Waals surface area (Å²) >= 11 is 11.8. The summed E-state index contributed by atoms with van der Waals surface area (Å²) in [7, 11) is -2.95. The first-order valence-corrected chi connectivity index (χ1v) is 8.37. The zero-order chi connectivity index (χ0) is 17.2. The topological polar surface area (TPSA) is 111 Å². The minimum absolute atomic E-state index is 0.0724. The summed E-state index contributed by atoms with van der Waals surface area (Å²) in [5.41, 5.74) is 0.454. The van der Waals surface area contributed by atoms with Crippen molar-refractivity contribution in [3.8, 4) is 0 Å². The number of sulfonamides is 1. The largest absolute Gasteiger partial charge is 0.465 e. The van der Waals surface area contributed by atoms with Crippen molar-refractivity contribution < 1.29 is 17.9 Å². The van der Waals surface area contributed by atoms with E-state index < -0.39 is 21.0 Å². The number of halogens is 2. The van der Waals surface area contributed by atoms with Gasteiger partial charge < -0.3 is 10.1 Å². The molecular formula is C13H11Cl2N3O4S. The van der Waals surface area contributed by atoms with Crippen molar-refractivity contribution in [3.05, 3.63) is 46.1 Å². The molecule has 10 heteroatoms. The molecule has 7 nitrogen and oxygen atoms in total. The number of primary sulfonamides is 1. The Balaban J connectivity index is 2.62. The minimum atomic E-state index is -4.11. The van der Waals surface area contributed by atoms with Gasteiger partial charge in [-0.05, 0) is 18.2 Å². The highest BCUT2D eigenvalue weighted by Gasteiger charge is 2.23. The molecule has 0 aliphatic carbocycles. The zero-order valence-corrected chi connectivity index (χ0v) is 14.0. The average Bonchev–Trinajstić information content (AvgIpc) is 2.45. The van der Waals surface area contributed by atoms with Crippen LogP contribution < -0.4 is 10.5 Å². The molecule has 23 heavy (non-hydrogen) atoms. The van der Waals surface area contributed by atoms with Crippen LogP contribution in [-0.4, -0.2) is 26.5 Å². The molecule has 0 atom stereocenters. The first-order chi connectivity index (χ1) is 10.7. The number of nitrogens with zero attached hydrogens (tertiary/aromatic N) is 1. The molecular weight excluding hydrogens is 365 g/mol. The van der Waals surface area contributed by atoms with E-state index in [2.05, 4.69) is 15.0 Å². The molecule has 0 aliphatic rings. The Labute approximate surface area is 142 Å². The van der Waals surface area contributed by atoms with E-state index >= 15 is 0 Å². The highest BCUT2D eigenvalue weighted by Crippen LogP contribution is 2.29. The van der Waals surface area contributed by atoms with E-state index in [9.17, 15) is 13.2 Å². The number of hydrogen-bond acceptors (Lipinski definition) is 6. The molecule has 2 aromatic rings. The molecule has 1 aromatic heterocycles. The van der Waals surface area contributed by atoms with E-state index in [-0.39, 0.29) is 16.4 Å². The van der Waals surface area contributed by atoms with Crippen LogP contribution in [0.4, 0.5) is 11.4 Å². The molecule has 0 amide bonds.